The number of nitrogens with one attached hydrogen (secondary N) is 2. The van der Waals surface area contributed by atoms with Crippen LogP contribution in [-0.4, -0.2) is 10.9 Å². The molecular weight excluding hydrogens is 448 g/mol. The average Bonchev–Trinajstić information content (AvgIpc) is 2.65. The number of carbonyl (C=O) groups excluding carboxylic acids is 1. The molecule has 0 atom stereocenters. The lowest BCUT2D eigenvalue weighted by Crippen LogP contribution is -2.24. The molecule has 0 spiro atoms. The van der Waals surface area contributed by atoms with E-state index in [0.29, 0.717) is 11.3 Å². The van der Waals surface area contributed by atoms with Gasteiger partial charge in [0.25, 0.3) is 5.91 Å². The zero-order chi connectivity index (χ0) is 18.4. The molecule has 26 heavy (non-hydrogen) atoms. The van der Waals surface area contributed by atoms with Crippen LogP contribution >= 0.6 is 22.6 Å². The second-order valence-electron chi connectivity index (χ2n) is 5.38. The Balaban J connectivity index is 1.69. The fourth-order valence-electron chi connectivity index (χ4n) is 2.24. The molecule has 0 saturated carbocycles. The van der Waals surface area contributed by atoms with Crippen LogP contribution in [0.25, 0.3) is 0 Å². The van der Waals surface area contributed by atoms with E-state index in [9.17, 15) is 9.18 Å². The van der Waals surface area contributed by atoms with Crippen molar-refractivity contribution in [2.75, 3.05) is 5.32 Å². The van der Waals surface area contributed by atoms with Crippen LogP contribution in [0.15, 0.2) is 67.0 Å². The summed E-state index contributed by atoms with van der Waals surface area (Å²) in [5.41, 5.74) is 4.27. The monoisotopic (exact) mass is 463 g/mol. The molecule has 2 N–H and O–H groups in total. The fraction of sp³-hybridized carbons (Fsp3) is 0.0526. The summed E-state index contributed by atoms with van der Waals surface area (Å²) in [6.45, 7) is 0.242. The van der Waals surface area contributed by atoms with Crippen molar-refractivity contribution in [3.8, 4) is 0 Å². The minimum atomic E-state index is -0.447. The van der Waals surface area contributed by atoms with Gasteiger partial charge in [0.05, 0.1) is 29.7 Å². The van der Waals surface area contributed by atoms with E-state index >= 15 is 0 Å². The van der Waals surface area contributed by atoms with Gasteiger partial charge >= 0.3 is 0 Å². The molecule has 0 aliphatic heterocycles. The van der Waals surface area contributed by atoms with Crippen molar-refractivity contribution in [1.29, 1.82) is 0 Å². The standard InChI is InChI=1S/C19H15FIN3O2/c20-16-10-14(21)6-7-17(16)23-18-11-22-9-8-15(18)19(25)24-26-12-13-4-2-1-3-5-13/h1-11,23H,12H2,(H,24,25). The minimum Gasteiger partial charge on any atom is -0.351 e. The summed E-state index contributed by atoms with van der Waals surface area (Å²) < 4.78 is 14.8. The molecule has 0 unspecified atom stereocenters. The van der Waals surface area contributed by atoms with E-state index in [2.05, 4.69) is 15.8 Å². The van der Waals surface area contributed by atoms with Crippen molar-refractivity contribution in [3.63, 3.8) is 0 Å². The predicted octanol–water partition coefficient (Wildman–Crippen LogP) is 4.43. The first-order valence-electron chi connectivity index (χ1n) is 7.75. The Morgan fingerprint density at radius 1 is 1.12 bits per heavy atom. The summed E-state index contributed by atoms with van der Waals surface area (Å²) in [6.07, 6.45) is 2.95. The highest BCUT2D eigenvalue weighted by Crippen LogP contribution is 2.23. The maximum atomic E-state index is 14.0. The second-order valence-corrected chi connectivity index (χ2v) is 6.62. The molecular formula is C19H15FIN3O2. The SMILES string of the molecule is O=C(NOCc1ccccc1)c1ccncc1Nc1ccc(I)cc1F. The third-order valence-electron chi connectivity index (χ3n) is 3.51. The summed E-state index contributed by atoms with van der Waals surface area (Å²) in [4.78, 5) is 21.6. The Morgan fingerprint density at radius 3 is 2.69 bits per heavy atom. The van der Waals surface area contributed by atoms with Gasteiger partial charge in [0, 0.05) is 9.77 Å². The van der Waals surface area contributed by atoms with Gasteiger partial charge in [-0.1, -0.05) is 30.3 Å². The fourth-order valence-corrected chi connectivity index (χ4v) is 2.70. The Hall–Kier alpha value is -2.52. The van der Waals surface area contributed by atoms with Gasteiger partial charge in [-0.05, 0) is 52.4 Å². The number of nitrogens with zero attached hydrogens (tertiary/aromatic N) is 1. The van der Waals surface area contributed by atoms with E-state index in [1.54, 1.807) is 12.1 Å². The first kappa shape index (κ1) is 18.3. The van der Waals surface area contributed by atoms with Crippen LogP contribution in [-0.2, 0) is 11.4 Å². The highest BCUT2D eigenvalue weighted by Gasteiger charge is 2.13. The van der Waals surface area contributed by atoms with Crippen LogP contribution in [0.2, 0.25) is 0 Å². The number of aromatic nitrogens is 1. The van der Waals surface area contributed by atoms with Gasteiger partial charge in [0.2, 0.25) is 0 Å². The summed E-state index contributed by atoms with van der Waals surface area (Å²) in [5.74, 6) is -0.857. The van der Waals surface area contributed by atoms with Crippen molar-refractivity contribution in [2.45, 2.75) is 6.61 Å². The van der Waals surface area contributed by atoms with Crippen LogP contribution in [0.5, 0.6) is 0 Å². The summed E-state index contributed by atoms with van der Waals surface area (Å²) in [7, 11) is 0. The third kappa shape index (κ3) is 4.77. The molecule has 1 amide bonds. The van der Waals surface area contributed by atoms with E-state index < -0.39 is 11.7 Å². The van der Waals surface area contributed by atoms with Gasteiger partial charge in [-0.3, -0.25) is 14.6 Å². The zero-order valence-corrected chi connectivity index (χ0v) is 15.7. The van der Waals surface area contributed by atoms with Crippen LogP contribution in [0, 0.1) is 9.39 Å². The first-order valence-corrected chi connectivity index (χ1v) is 8.83. The molecule has 0 radical (unpaired) electrons. The number of anilines is 2. The van der Waals surface area contributed by atoms with Gasteiger partial charge in [0.1, 0.15) is 5.82 Å². The van der Waals surface area contributed by atoms with Crippen molar-refractivity contribution in [2.24, 2.45) is 0 Å². The van der Waals surface area contributed by atoms with E-state index in [0.717, 1.165) is 9.13 Å². The van der Waals surface area contributed by atoms with Gasteiger partial charge in [0.15, 0.2) is 0 Å². The number of hydrogen-bond acceptors (Lipinski definition) is 4. The normalized spacial score (nSPS) is 10.4. The summed E-state index contributed by atoms with van der Waals surface area (Å²) >= 11 is 2.03. The third-order valence-corrected chi connectivity index (χ3v) is 4.18. The number of amides is 1. The lowest BCUT2D eigenvalue weighted by molar-refractivity contribution is 0.0234. The minimum absolute atomic E-state index is 0.242. The molecule has 3 aromatic rings. The maximum Gasteiger partial charge on any atom is 0.277 e. The Kier molecular flexibility index (Phi) is 6.13. The number of carbonyl (C=O) groups is 1. The molecule has 0 aliphatic rings. The molecule has 2 aromatic carbocycles. The molecule has 0 bridgehead atoms. The van der Waals surface area contributed by atoms with Crippen molar-refractivity contribution in [1.82, 2.24) is 10.5 Å². The highest BCUT2D eigenvalue weighted by atomic mass is 127. The van der Waals surface area contributed by atoms with Crippen molar-refractivity contribution in [3.05, 3.63) is 87.5 Å². The van der Waals surface area contributed by atoms with Crippen molar-refractivity contribution >= 4 is 39.9 Å². The summed E-state index contributed by atoms with van der Waals surface area (Å²) in [6, 6.07) is 15.8. The number of rotatable bonds is 6. The molecule has 5 nitrogen and oxygen atoms in total. The second kappa shape index (κ2) is 8.72. The lowest BCUT2D eigenvalue weighted by atomic mass is 10.2. The van der Waals surface area contributed by atoms with E-state index in [-0.39, 0.29) is 12.3 Å². The molecule has 0 saturated heterocycles. The van der Waals surface area contributed by atoms with Gasteiger partial charge < -0.3 is 5.32 Å². The first-order chi connectivity index (χ1) is 12.6. The number of hydroxylamine groups is 1. The Morgan fingerprint density at radius 2 is 1.92 bits per heavy atom. The number of hydrogen-bond donors (Lipinski definition) is 2. The number of pyridine rings is 1. The van der Waals surface area contributed by atoms with Crippen LogP contribution < -0.4 is 10.8 Å². The maximum absolute atomic E-state index is 14.0. The molecule has 132 valence electrons. The number of benzene rings is 2. The highest BCUT2D eigenvalue weighted by molar-refractivity contribution is 14.1. The molecule has 0 aliphatic carbocycles. The van der Waals surface area contributed by atoms with Crippen LogP contribution in [0.4, 0.5) is 15.8 Å². The topological polar surface area (TPSA) is 63.2 Å². The quantitative estimate of drug-likeness (QED) is 0.420. The van der Waals surface area contributed by atoms with E-state index in [1.807, 2.05) is 52.9 Å². The smallest absolute Gasteiger partial charge is 0.277 e. The average molecular weight is 463 g/mol. The Labute approximate surface area is 163 Å². The van der Waals surface area contributed by atoms with Crippen molar-refractivity contribution < 1.29 is 14.0 Å². The van der Waals surface area contributed by atoms with E-state index in [4.69, 9.17) is 4.84 Å². The van der Waals surface area contributed by atoms with E-state index in [1.165, 1.54) is 24.5 Å². The molecule has 0 fully saturated rings. The zero-order valence-electron chi connectivity index (χ0n) is 13.6. The number of halogens is 2. The van der Waals surface area contributed by atoms with Gasteiger partial charge in [-0.2, -0.15) is 0 Å². The molecule has 3 rings (SSSR count). The Bertz CT molecular complexity index is 906. The van der Waals surface area contributed by atoms with Crippen LogP contribution in [0.1, 0.15) is 15.9 Å². The predicted molar refractivity (Wildman–Crippen MR) is 105 cm³/mol. The largest absolute Gasteiger partial charge is 0.351 e. The van der Waals surface area contributed by atoms with Crippen LogP contribution in [0.3, 0.4) is 0 Å². The molecule has 1 heterocycles. The molecule has 7 heteroatoms. The lowest BCUT2D eigenvalue weighted by Gasteiger charge is -2.12. The van der Waals surface area contributed by atoms with Gasteiger partial charge in [-0.15, -0.1) is 0 Å². The summed E-state index contributed by atoms with van der Waals surface area (Å²) in [5, 5.41) is 2.90. The molecule has 1 aromatic heterocycles. The van der Waals surface area contributed by atoms with Gasteiger partial charge in [-0.25, -0.2) is 9.87 Å².